The maximum Gasteiger partial charge on any atom is 0.327 e. The highest BCUT2D eigenvalue weighted by Gasteiger charge is 2.35. The fraction of sp³-hybridized carbons (Fsp3) is 0.364. The lowest BCUT2D eigenvalue weighted by atomic mass is 10.0. The summed E-state index contributed by atoms with van der Waals surface area (Å²) >= 11 is 0. The van der Waals surface area contributed by atoms with Crippen molar-refractivity contribution in [2.45, 2.75) is 19.1 Å². The number of benzene rings is 1. The van der Waals surface area contributed by atoms with Crippen LogP contribution in [-0.2, 0) is 4.74 Å². The van der Waals surface area contributed by atoms with E-state index in [1.54, 1.807) is 0 Å². The maximum absolute atomic E-state index is 8.74. The first kappa shape index (κ1) is 9.83. The van der Waals surface area contributed by atoms with Gasteiger partial charge in [0.2, 0.25) is 0 Å². The van der Waals surface area contributed by atoms with Gasteiger partial charge in [0, 0.05) is 7.05 Å². The van der Waals surface area contributed by atoms with E-state index in [1.165, 1.54) is 0 Å². The minimum absolute atomic E-state index is 0.0675. The second-order valence-electron chi connectivity index (χ2n) is 3.68. The van der Waals surface area contributed by atoms with Crippen LogP contribution in [0, 0.1) is 0 Å². The van der Waals surface area contributed by atoms with E-state index < -0.39 is 0 Å². The molecule has 2 unspecified atom stereocenters. The first-order chi connectivity index (χ1) is 7.24. The molecule has 4 nitrogen and oxygen atoms in total. The summed E-state index contributed by atoms with van der Waals surface area (Å²) < 4.78 is 5.55. The van der Waals surface area contributed by atoms with E-state index in [-0.39, 0.29) is 18.2 Å². The van der Waals surface area contributed by atoms with Crippen LogP contribution in [0.25, 0.3) is 0 Å². The molecular formula is C11H14N2O2. The minimum atomic E-state index is -0.0675. The van der Waals surface area contributed by atoms with E-state index >= 15 is 0 Å². The Morgan fingerprint density at radius 2 is 2.00 bits per heavy atom. The summed E-state index contributed by atoms with van der Waals surface area (Å²) in [6, 6.07) is 10.4. The second-order valence-corrected chi connectivity index (χ2v) is 3.68. The lowest BCUT2D eigenvalue weighted by Crippen LogP contribution is -2.28. The van der Waals surface area contributed by atoms with Crippen molar-refractivity contribution >= 4 is 6.02 Å². The first-order valence-electron chi connectivity index (χ1n) is 4.90. The third-order valence-electron chi connectivity index (χ3n) is 2.80. The Balaban J connectivity index is 2.26. The number of nitrogens with zero attached hydrogens (tertiary/aromatic N) is 2. The second kappa shape index (κ2) is 3.81. The summed E-state index contributed by atoms with van der Waals surface area (Å²) in [5, 5.41) is 11.9. The number of oxime groups is 1. The van der Waals surface area contributed by atoms with Gasteiger partial charge < -0.3 is 14.8 Å². The Hall–Kier alpha value is -1.71. The van der Waals surface area contributed by atoms with E-state index in [2.05, 4.69) is 5.16 Å². The SMILES string of the molecule is CC1C(c2ccccc2)O/C(=N/O)N1C. The molecule has 1 aromatic carbocycles. The lowest BCUT2D eigenvalue weighted by Gasteiger charge is -2.16. The van der Waals surface area contributed by atoms with E-state index in [1.807, 2.05) is 49.2 Å². The topological polar surface area (TPSA) is 45.1 Å². The molecule has 1 heterocycles. The molecule has 4 heteroatoms. The molecule has 2 rings (SSSR count). The zero-order valence-electron chi connectivity index (χ0n) is 8.79. The van der Waals surface area contributed by atoms with Crippen molar-refractivity contribution in [1.82, 2.24) is 4.90 Å². The lowest BCUT2D eigenvalue weighted by molar-refractivity contribution is 0.192. The van der Waals surface area contributed by atoms with Crippen molar-refractivity contribution in [3.63, 3.8) is 0 Å². The van der Waals surface area contributed by atoms with Crippen LogP contribution in [0.1, 0.15) is 18.6 Å². The molecule has 1 fully saturated rings. The number of rotatable bonds is 1. The molecule has 80 valence electrons. The molecule has 0 aliphatic carbocycles. The van der Waals surface area contributed by atoms with Crippen molar-refractivity contribution in [2.75, 3.05) is 7.05 Å². The number of amidine groups is 1. The van der Waals surface area contributed by atoms with Crippen LogP contribution in [0.4, 0.5) is 0 Å². The molecule has 0 bridgehead atoms. The van der Waals surface area contributed by atoms with Crippen LogP contribution in [0.15, 0.2) is 35.5 Å². The number of hydrogen-bond donors (Lipinski definition) is 1. The minimum Gasteiger partial charge on any atom is -0.453 e. The molecule has 1 aliphatic rings. The van der Waals surface area contributed by atoms with Gasteiger partial charge in [-0.05, 0) is 17.6 Å². The molecular weight excluding hydrogens is 192 g/mol. The average Bonchev–Trinajstić information content (AvgIpc) is 2.57. The maximum atomic E-state index is 8.74. The third kappa shape index (κ3) is 1.63. The van der Waals surface area contributed by atoms with Gasteiger partial charge in [-0.1, -0.05) is 30.3 Å². The Morgan fingerprint density at radius 1 is 1.33 bits per heavy atom. The molecule has 0 radical (unpaired) electrons. The zero-order valence-corrected chi connectivity index (χ0v) is 8.79. The number of hydrogen-bond acceptors (Lipinski definition) is 3. The van der Waals surface area contributed by atoms with Crippen LogP contribution >= 0.6 is 0 Å². The van der Waals surface area contributed by atoms with Crippen LogP contribution in [0.5, 0.6) is 0 Å². The fourth-order valence-corrected chi connectivity index (χ4v) is 1.76. The molecule has 0 aromatic heterocycles. The molecule has 1 aliphatic heterocycles. The fourth-order valence-electron chi connectivity index (χ4n) is 1.76. The van der Waals surface area contributed by atoms with Gasteiger partial charge >= 0.3 is 6.02 Å². The number of ether oxygens (including phenoxy) is 1. The first-order valence-corrected chi connectivity index (χ1v) is 4.90. The largest absolute Gasteiger partial charge is 0.453 e. The molecule has 2 atom stereocenters. The van der Waals surface area contributed by atoms with Gasteiger partial charge in [-0.15, -0.1) is 0 Å². The monoisotopic (exact) mass is 206 g/mol. The summed E-state index contributed by atoms with van der Waals surface area (Å²) in [6.45, 7) is 2.04. The van der Waals surface area contributed by atoms with Crippen LogP contribution in [0.2, 0.25) is 0 Å². The van der Waals surface area contributed by atoms with Gasteiger partial charge in [0.05, 0.1) is 6.04 Å². The standard InChI is InChI=1S/C11H14N2O2/c1-8-10(9-6-4-3-5-7-9)15-11(12-14)13(8)2/h3-8,10,14H,1-2H3/b12-11+. The molecule has 1 N–H and O–H groups in total. The van der Waals surface area contributed by atoms with Crippen LogP contribution in [0.3, 0.4) is 0 Å². The highest BCUT2D eigenvalue weighted by atomic mass is 16.6. The summed E-state index contributed by atoms with van der Waals surface area (Å²) in [6.07, 6.45) is -0.0675. The molecule has 15 heavy (non-hydrogen) atoms. The van der Waals surface area contributed by atoms with Crippen molar-refractivity contribution < 1.29 is 9.94 Å². The average molecular weight is 206 g/mol. The highest BCUT2D eigenvalue weighted by molar-refractivity contribution is 5.75. The van der Waals surface area contributed by atoms with Crippen LogP contribution < -0.4 is 0 Å². The molecule has 1 aromatic rings. The van der Waals surface area contributed by atoms with E-state index in [0.717, 1.165) is 5.56 Å². The van der Waals surface area contributed by atoms with Gasteiger partial charge in [0.25, 0.3) is 0 Å². The Labute approximate surface area is 88.8 Å². The van der Waals surface area contributed by atoms with Gasteiger partial charge in [0.1, 0.15) is 6.10 Å². The quantitative estimate of drug-likeness (QED) is 0.563. The zero-order chi connectivity index (χ0) is 10.8. The van der Waals surface area contributed by atoms with Crippen molar-refractivity contribution in [1.29, 1.82) is 0 Å². The normalized spacial score (nSPS) is 28.1. The Bertz CT molecular complexity index is 364. The summed E-state index contributed by atoms with van der Waals surface area (Å²) in [5.41, 5.74) is 1.09. The molecule has 0 saturated carbocycles. The molecule has 1 saturated heterocycles. The molecule has 0 amide bonds. The number of likely N-dealkylation sites (N-methyl/N-ethyl adjacent to an activating group) is 1. The van der Waals surface area contributed by atoms with E-state index in [0.29, 0.717) is 0 Å². The Morgan fingerprint density at radius 3 is 2.53 bits per heavy atom. The van der Waals surface area contributed by atoms with E-state index in [9.17, 15) is 0 Å². The summed E-state index contributed by atoms with van der Waals surface area (Å²) in [4.78, 5) is 1.82. The van der Waals surface area contributed by atoms with Gasteiger partial charge in [-0.3, -0.25) is 0 Å². The van der Waals surface area contributed by atoms with E-state index in [4.69, 9.17) is 9.94 Å². The van der Waals surface area contributed by atoms with Gasteiger partial charge in [0.15, 0.2) is 0 Å². The smallest absolute Gasteiger partial charge is 0.327 e. The van der Waals surface area contributed by atoms with Crippen LogP contribution in [-0.4, -0.2) is 29.2 Å². The Kier molecular flexibility index (Phi) is 2.49. The van der Waals surface area contributed by atoms with Crippen molar-refractivity contribution in [3.05, 3.63) is 35.9 Å². The van der Waals surface area contributed by atoms with Gasteiger partial charge in [-0.25, -0.2) is 0 Å². The summed E-state index contributed by atoms with van der Waals surface area (Å²) in [5.74, 6) is 0. The predicted molar refractivity (Wildman–Crippen MR) is 56.7 cm³/mol. The summed E-state index contributed by atoms with van der Waals surface area (Å²) in [7, 11) is 1.85. The van der Waals surface area contributed by atoms with Crippen molar-refractivity contribution in [2.24, 2.45) is 5.16 Å². The third-order valence-corrected chi connectivity index (χ3v) is 2.80. The predicted octanol–water partition coefficient (Wildman–Crippen LogP) is 1.82. The van der Waals surface area contributed by atoms with Crippen molar-refractivity contribution in [3.8, 4) is 0 Å². The highest BCUT2D eigenvalue weighted by Crippen LogP contribution is 2.30. The molecule has 0 spiro atoms. The van der Waals surface area contributed by atoms with Gasteiger partial charge in [-0.2, -0.15) is 0 Å².